The smallest absolute Gasteiger partial charge is 0.169 e. The van der Waals surface area contributed by atoms with E-state index < -0.39 is 0 Å². The highest BCUT2D eigenvalue weighted by molar-refractivity contribution is 7.99. The van der Waals surface area contributed by atoms with Crippen molar-refractivity contribution in [2.45, 2.75) is 17.7 Å². The van der Waals surface area contributed by atoms with Crippen molar-refractivity contribution in [3.05, 3.63) is 24.5 Å². The molecule has 1 fully saturated rings. The molecule has 1 saturated carbocycles. The normalized spacial score (nSPS) is 16.4. The summed E-state index contributed by atoms with van der Waals surface area (Å²) in [6.45, 7) is 0. The lowest BCUT2D eigenvalue weighted by molar-refractivity contribution is -0.671. The molecule has 0 aromatic carbocycles. The first kappa shape index (κ1) is 8.11. The van der Waals surface area contributed by atoms with Crippen molar-refractivity contribution < 1.29 is 4.57 Å². The van der Waals surface area contributed by atoms with Crippen LogP contribution in [0.1, 0.15) is 12.8 Å². The SMILES string of the molecule is C[n+]1ccc(SCC2CC2)cc1. The van der Waals surface area contributed by atoms with Crippen molar-refractivity contribution in [1.29, 1.82) is 0 Å². The minimum atomic E-state index is 1.02. The summed E-state index contributed by atoms with van der Waals surface area (Å²) in [4.78, 5) is 1.40. The van der Waals surface area contributed by atoms with E-state index in [0.717, 1.165) is 5.92 Å². The fourth-order valence-corrected chi connectivity index (χ4v) is 2.16. The lowest BCUT2D eigenvalue weighted by Crippen LogP contribution is -2.25. The second-order valence-electron chi connectivity index (χ2n) is 3.45. The van der Waals surface area contributed by atoms with Gasteiger partial charge < -0.3 is 0 Å². The summed E-state index contributed by atoms with van der Waals surface area (Å²) < 4.78 is 2.07. The van der Waals surface area contributed by atoms with Crippen LogP contribution in [0.15, 0.2) is 29.4 Å². The molecule has 0 atom stereocenters. The molecule has 0 spiro atoms. The van der Waals surface area contributed by atoms with Crippen LogP contribution >= 0.6 is 11.8 Å². The number of rotatable bonds is 3. The largest absolute Gasteiger partial charge is 0.208 e. The lowest BCUT2D eigenvalue weighted by atomic mass is 10.5. The third-order valence-electron chi connectivity index (χ3n) is 2.13. The van der Waals surface area contributed by atoms with E-state index in [2.05, 4.69) is 36.1 Å². The van der Waals surface area contributed by atoms with Gasteiger partial charge >= 0.3 is 0 Å². The maximum Gasteiger partial charge on any atom is 0.169 e. The Balaban J connectivity index is 1.89. The van der Waals surface area contributed by atoms with E-state index in [1.807, 2.05) is 11.8 Å². The second kappa shape index (κ2) is 3.48. The first-order valence-electron chi connectivity index (χ1n) is 4.43. The third-order valence-corrected chi connectivity index (χ3v) is 3.37. The molecule has 2 heteroatoms. The quantitative estimate of drug-likeness (QED) is 0.508. The molecule has 0 saturated heterocycles. The van der Waals surface area contributed by atoms with Gasteiger partial charge in [0, 0.05) is 22.8 Å². The van der Waals surface area contributed by atoms with Crippen LogP contribution in [0.5, 0.6) is 0 Å². The average Bonchev–Trinajstić information content (AvgIpc) is 2.87. The Morgan fingerprint density at radius 1 is 1.42 bits per heavy atom. The molecule has 0 bridgehead atoms. The van der Waals surface area contributed by atoms with E-state index in [-0.39, 0.29) is 0 Å². The topological polar surface area (TPSA) is 3.88 Å². The van der Waals surface area contributed by atoms with E-state index in [4.69, 9.17) is 0 Å². The predicted molar refractivity (Wildman–Crippen MR) is 51.1 cm³/mol. The van der Waals surface area contributed by atoms with Crippen molar-refractivity contribution in [3.8, 4) is 0 Å². The molecular formula is C10H14NS+. The van der Waals surface area contributed by atoms with Gasteiger partial charge in [-0.1, -0.05) is 0 Å². The second-order valence-corrected chi connectivity index (χ2v) is 4.55. The van der Waals surface area contributed by atoms with Gasteiger partial charge in [0.15, 0.2) is 12.4 Å². The molecule has 0 amide bonds. The van der Waals surface area contributed by atoms with E-state index in [1.54, 1.807) is 0 Å². The zero-order valence-electron chi connectivity index (χ0n) is 7.36. The van der Waals surface area contributed by atoms with E-state index in [1.165, 1.54) is 23.5 Å². The fourth-order valence-electron chi connectivity index (χ4n) is 1.08. The van der Waals surface area contributed by atoms with Crippen LogP contribution in [0, 0.1) is 5.92 Å². The molecule has 0 radical (unpaired) electrons. The molecule has 1 aromatic heterocycles. The standard InChI is InChI=1S/C10H14NS/c1-11-6-4-10(5-7-11)12-8-9-2-3-9/h4-7,9H,2-3,8H2,1H3/q+1. The van der Waals surface area contributed by atoms with Crippen molar-refractivity contribution >= 4 is 11.8 Å². The minimum absolute atomic E-state index is 1.02. The van der Waals surface area contributed by atoms with Gasteiger partial charge in [-0.15, -0.1) is 11.8 Å². The molecule has 12 heavy (non-hydrogen) atoms. The fraction of sp³-hybridized carbons (Fsp3) is 0.500. The summed E-state index contributed by atoms with van der Waals surface area (Å²) in [5.41, 5.74) is 0. The van der Waals surface area contributed by atoms with E-state index in [9.17, 15) is 0 Å². The number of pyridine rings is 1. The molecule has 0 unspecified atom stereocenters. The van der Waals surface area contributed by atoms with Crippen molar-refractivity contribution in [1.82, 2.24) is 0 Å². The first-order chi connectivity index (χ1) is 5.84. The highest BCUT2D eigenvalue weighted by atomic mass is 32.2. The van der Waals surface area contributed by atoms with Gasteiger partial charge in [0.05, 0.1) is 0 Å². The Labute approximate surface area is 77.8 Å². The number of hydrogen-bond donors (Lipinski definition) is 0. The molecule has 1 aromatic rings. The zero-order valence-corrected chi connectivity index (χ0v) is 8.18. The Morgan fingerprint density at radius 2 is 2.08 bits per heavy atom. The third kappa shape index (κ3) is 2.24. The zero-order chi connectivity index (χ0) is 8.39. The van der Waals surface area contributed by atoms with Crippen molar-refractivity contribution in [2.24, 2.45) is 13.0 Å². The minimum Gasteiger partial charge on any atom is -0.208 e. The summed E-state index contributed by atoms with van der Waals surface area (Å²) in [5, 5.41) is 0. The van der Waals surface area contributed by atoms with Gasteiger partial charge in [-0.25, -0.2) is 4.57 Å². The van der Waals surface area contributed by atoms with Crippen LogP contribution in [0.3, 0.4) is 0 Å². The highest BCUT2D eigenvalue weighted by Crippen LogP contribution is 2.34. The van der Waals surface area contributed by atoms with Gasteiger partial charge in [-0.2, -0.15) is 0 Å². The molecule has 64 valence electrons. The van der Waals surface area contributed by atoms with Crippen LogP contribution in [-0.2, 0) is 7.05 Å². The molecule has 2 rings (SSSR count). The van der Waals surface area contributed by atoms with E-state index >= 15 is 0 Å². The molecule has 1 aliphatic carbocycles. The Kier molecular flexibility index (Phi) is 2.35. The summed E-state index contributed by atoms with van der Waals surface area (Å²) in [5.74, 6) is 2.33. The number of nitrogens with zero attached hydrogens (tertiary/aromatic N) is 1. The Bertz CT molecular complexity index is 251. The average molecular weight is 180 g/mol. The molecular weight excluding hydrogens is 166 g/mol. The molecule has 1 aliphatic rings. The summed E-state index contributed by atoms with van der Waals surface area (Å²) in [7, 11) is 2.05. The van der Waals surface area contributed by atoms with Crippen LogP contribution in [0.25, 0.3) is 0 Å². The van der Waals surface area contributed by atoms with Crippen LogP contribution in [-0.4, -0.2) is 5.75 Å². The van der Waals surface area contributed by atoms with Gasteiger partial charge in [-0.3, -0.25) is 0 Å². The number of thioether (sulfide) groups is 1. The first-order valence-corrected chi connectivity index (χ1v) is 5.41. The van der Waals surface area contributed by atoms with Crippen LogP contribution in [0.2, 0.25) is 0 Å². The Morgan fingerprint density at radius 3 is 2.67 bits per heavy atom. The maximum absolute atomic E-state index is 2.19. The Hall–Kier alpha value is -0.500. The van der Waals surface area contributed by atoms with Crippen molar-refractivity contribution in [3.63, 3.8) is 0 Å². The summed E-state index contributed by atoms with van der Waals surface area (Å²) in [6.07, 6.45) is 7.12. The number of aryl methyl sites for hydroxylation is 1. The van der Waals surface area contributed by atoms with Gasteiger partial charge in [-0.05, 0) is 18.8 Å². The molecule has 0 N–H and O–H groups in total. The lowest BCUT2D eigenvalue weighted by Gasteiger charge is -1.97. The van der Waals surface area contributed by atoms with Crippen LogP contribution < -0.4 is 4.57 Å². The van der Waals surface area contributed by atoms with Gasteiger partial charge in [0.25, 0.3) is 0 Å². The monoisotopic (exact) mass is 180 g/mol. The summed E-state index contributed by atoms with van der Waals surface area (Å²) >= 11 is 1.99. The molecule has 0 aliphatic heterocycles. The van der Waals surface area contributed by atoms with Crippen molar-refractivity contribution in [2.75, 3.05) is 5.75 Å². The van der Waals surface area contributed by atoms with Gasteiger partial charge in [0.2, 0.25) is 0 Å². The summed E-state index contributed by atoms with van der Waals surface area (Å²) in [6, 6.07) is 4.38. The predicted octanol–water partition coefficient (Wildman–Crippen LogP) is 2.01. The molecule has 1 nitrogen and oxygen atoms in total. The number of hydrogen-bond acceptors (Lipinski definition) is 1. The highest BCUT2D eigenvalue weighted by Gasteiger charge is 2.20. The van der Waals surface area contributed by atoms with Gasteiger partial charge in [0.1, 0.15) is 7.05 Å². The molecule has 1 heterocycles. The van der Waals surface area contributed by atoms with Crippen LogP contribution in [0.4, 0.5) is 0 Å². The number of aromatic nitrogens is 1. The van der Waals surface area contributed by atoms with E-state index in [0.29, 0.717) is 0 Å². The maximum atomic E-state index is 2.19.